The minimum absolute atomic E-state index is 0.0221. The number of halogens is 2. The Bertz CT molecular complexity index is 895. The van der Waals surface area contributed by atoms with Crippen LogP contribution in [0.5, 0.6) is 5.75 Å². The summed E-state index contributed by atoms with van der Waals surface area (Å²) >= 11 is 0. The molecule has 0 bridgehead atoms. The van der Waals surface area contributed by atoms with Crippen LogP contribution in [0.25, 0.3) is 6.08 Å². The molecule has 166 valence electrons. The van der Waals surface area contributed by atoms with E-state index in [-0.39, 0.29) is 17.6 Å². The maximum absolute atomic E-state index is 12.4. The molecule has 7 heteroatoms. The van der Waals surface area contributed by atoms with Gasteiger partial charge in [-0.25, -0.2) is 4.79 Å². The van der Waals surface area contributed by atoms with E-state index in [0.717, 1.165) is 22.9 Å². The number of ether oxygens (including phenoxy) is 2. The molecule has 2 aromatic rings. The monoisotopic (exact) mass is 431 g/mol. The van der Waals surface area contributed by atoms with Crippen LogP contribution in [0.4, 0.5) is 14.5 Å². The Morgan fingerprint density at radius 3 is 2.06 bits per heavy atom. The van der Waals surface area contributed by atoms with Crippen molar-refractivity contribution < 1.29 is 27.8 Å². The molecule has 0 fully saturated rings. The third-order valence-electron chi connectivity index (χ3n) is 4.50. The molecule has 2 rings (SSSR count). The molecule has 5 nitrogen and oxygen atoms in total. The second kappa shape index (κ2) is 11.2. The topological polar surface area (TPSA) is 64.6 Å². The van der Waals surface area contributed by atoms with Crippen molar-refractivity contribution >= 4 is 23.6 Å². The number of hydrogen-bond acceptors (Lipinski definition) is 4. The Balaban J connectivity index is 1.94. The largest absolute Gasteiger partial charge is 0.452 e. The van der Waals surface area contributed by atoms with Crippen LogP contribution in [0.15, 0.2) is 48.5 Å². The lowest BCUT2D eigenvalue weighted by atomic mass is 9.92. The van der Waals surface area contributed by atoms with Crippen molar-refractivity contribution in [3.8, 4) is 5.75 Å². The highest BCUT2D eigenvalue weighted by Gasteiger charge is 2.16. The lowest BCUT2D eigenvalue weighted by Gasteiger charge is -2.20. The third kappa shape index (κ3) is 7.51. The summed E-state index contributed by atoms with van der Waals surface area (Å²) in [4.78, 5) is 24.3. The molecule has 0 aromatic heterocycles. The van der Waals surface area contributed by atoms with Gasteiger partial charge in [-0.2, -0.15) is 8.78 Å². The molecule has 0 atom stereocenters. The molecule has 31 heavy (non-hydrogen) atoms. The number of rotatable bonds is 9. The number of esters is 1. The van der Waals surface area contributed by atoms with Gasteiger partial charge in [0.25, 0.3) is 5.91 Å². The number of nitrogens with one attached hydrogen (secondary N) is 1. The molecule has 0 spiro atoms. The SMILES string of the molecule is CC(C)c1cccc(C(C)C)c1NC(=O)COC(=O)C=Cc1ccc(OC(F)F)cc1. The Morgan fingerprint density at radius 1 is 0.968 bits per heavy atom. The number of benzene rings is 2. The van der Waals surface area contributed by atoms with Gasteiger partial charge in [0.05, 0.1) is 0 Å². The van der Waals surface area contributed by atoms with E-state index >= 15 is 0 Å². The molecule has 0 saturated carbocycles. The van der Waals surface area contributed by atoms with Crippen molar-refractivity contribution in [2.24, 2.45) is 0 Å². The summed E-state index contributed by atoms with van der Waals surface area (Å²) < 4.78 is 33.6. The summed E-state index contributed by atoms with van der Waals surface area (Å²) in [7, 11) is 0. The molecule has 2 aromatic carbocycles. The predicted octanol–water partition coefficient (Wildman–Crippen LogP) is 5.73. The Labute approximate surface area is 181 Å². The minimum Gasteiger partial charge on any atom is -0.452 e. The van der Waals surface area contributed by atoms with Gasteiger partial charge in [0.1, 0.15) is 5.75 Å². The highest BCUT2D eigenvalue weighted by Crippen LogP contribution is 2.32. The maximum Gasteiger partial charge on any atom is 0.387 e. The van der Waals surface area contributed by atoms with Gasteiger partial charge in [-0.1, -0.05) is 58.0 Å². The minimum atomic E-state index is -2.90. The van der Waals surface area contributed by atoms with Crippen molar-refractivity contribution in [3.05, 3.63) is 65.2 Å². The summed E-state index contributed by atoms with van der Waals surface area (Å²) in [5.74, 6) is -0.655. The average molecular weight is 431 g/mol. The first kappa shape index (κ1) is 24.1. The predicted molar refractivity (Wildman–Crippen MR) is 116 cm³/mol. The first-order valence-electron chi connectivity index (χ1n) is 9.99. The second-order valence-electron chi connectivity index (χ2n) is 7.56. The third-order valence-corrected chi connectivity index (χ3v) is 4.50. The zero-order valence-electron chi connectivity index (χ0n) is 18.0. The summed E-state index contributed by atoms with van der Waals surface area (Å²) in [6.45, 7) is 4.87. The summed E-state index contributed by atoms with van der Waals surface area (Å²) in [6.07, 6.45) is 2.62. The smallest absolute Gasteiger partial charge is 0.387 e. The van der Waals surface area contributed by atoms with E-state index in [1.54, 1.807) is 0 Å². The van der Waals surface area contributed by atoms with Crippen LogP contribution in [0.2, 0.25) is 0 Å². The maximum atomic E-state index is 12.4. The summed E-state index contributed by atoms with van der Waals surface area (Å²) in [5, 5.41) is 2.88. The van der Waals surface area contributed by atoms with E-state index in [1.165, 1.54) is 30.3 Å². The summed E-state index contributed by atoms with van der Waals surface area (Å²) in [5.41, 5.74) is 3.39. The lowest BCUT2D eigenvalue weighted by Crippen LogP contribution is -2.22. The van der Waals surface area contributed by atoms with Gasteiger partial charge >= 0.3 is 12.6 Å². The molecule has 0 radical (unpaired) electrons. The fourth-order valence-corrected chi connectivity index (χ4v) is 2.98. The van der Waals surface area contributed by atoms with Gasteiger partial charge in [-0.3, -0.25) is 4.79 Å². The standard InChI is InChI=1S/C24H27F2NO4/c1-15(2)19-6-5-7-20(16(3)4)23(19)27-21(28)14-30-22(29)13-10-17-8-11-18(12-9-17)31-24(25)26/h5-13,15-16,24H,14H2,1-4H3,(H,27,28). The van der Waals surface area contributed by atoms with Gasteiger partial charge < -0.3 is 14.8 Å². The molecule has 0 heterocycles. The van der Waals surface area contributed by atoms with Crippen LogP contribution < -0.4 is 10.1 Å². The number of anilines is 1. The second-order valence-corrected chi connectivity index (χ2v) is 7.56. The molecule has 0 saturated heterocycles. The molecular weight excluding hydrogens is 404 g/mol. The first-order valence-corrected chi connectivity index (χ1v) is 9.99. The zero-order chi connectivity index (χ0) is 23.0. The Morgan fingerprint density at radius 2 is 1.55 bits per heavy atom. The van der Waals surface area contributed by atoms with Crippen LogP contribution in [0.3, 0.4) is 0 Å². The number of hydrogen-bond donors (Lipinski definition) is 1. The van der Waals surface area contributed by atoms with Crippen molar-refractivity contribution in [2.45, 2.75) is 46.1 Å². The van der Waals surface area contributed by atoms with Crippen LogP contribution in [0.1, 0.15) is 56.2 Å². The molecule has 0 unspecified atom stereocenters. The molecule has 0 aliphatic heterocycles. The van der Waals surface area contributed by atoms with Crippen LogP contribution in [0, 0.1) is 0 Å². The van der Waals surface area contributed by atoms with Gasteiger partial charge in [0.15, 0.2) is 6.61 Å². The number of carbonyl (C=O) groups is 2. The van der Waals surface area contributed by atoms with E-state index in [2.05, 4.69) is 10.1 Å². The Hall–Kier alpha value is -3.22. The van der Waals surface area contributed by atoms with Gasteiger partial charge in [-0.15, -0.1) is 0 Å². The van der Waals surface area contributed by atoms with Gasteiger partial charge in [0, 0.05) is 11.8 Å². The summed E-state index contributed by atoms with van der Waals surface area (Å²) in [6, 6.07) is 11.7. The number of alkyl halides is 2. The molecular formula is C24H27F2NO4. The van der Waals surface area contributed by atoms with E-state index in [4.69, 9.17) is 4.74 Å². The van der Waals surface area contributed by atoms with Crippen LogP contribution >= 0.6 is 0 Å². The quantitative estimate of drug-likeness (QED) is 0.407. The number of carbonyl (C=O) groups excluding carboxylic acids is 2. The molecule has 1 amide bonds. The van der Waals surface area contributed by atoms with Gasteiger partial charge in [-0.05, 0) is 46.7 Å². The van der Waals surface area contributed by atoms with E-state index in [1.807, 2.05) is 45.9 Å². The van der Waals surface area contributed by atoms with Crippen LogP contribution in [-0.4, -0.2) is 25.1 Å². The van der Waals surface area contributed by atoms with Crippen molar-refractivity contribution in [1.82, 2.24) is 0 Å². The Kier molecular flexibility index (Phi) is 8.73. The molecule has 0 aliphatic rings. The fraction of sp³-hybridized carbons (Fsp3) is 0.333. The highest BCUT2D eigenvalue weighted by atomic mass is 19.3. The van der Waals surface area contributed by atoms with Crippen LogP contribution in [-0.2, 0) is 14.3 Å². The molecule has 1 N–H and O–H groups in total. The van der Waals surface area contributed by atoms with Crippen molar-refractivity contribution in [1.29, 1.82) is 0 Å². The number of para-hydroxylation sites is 1. The zero-order valence-corrected chi connectivity index (χ0v) is 18.0. The lowest BCUT2D eigenvalue weighted by molar-refractivity contribution is -0.142. The van der Waals surface area contributed by atoms with Crippen molar-refractivity contribution in [3.63, 3.8) is 0 Å². The van der Waals surface area contributed by atoms with E-state index in [0.29, 0.717) is 5.56 Å². The average Bonchev–Trinajstić information content (AvgIpc) is 2.71. The fourth-order valence-electron chi connectivity index (χ4n) is 2.98. The normalized spacial score (nSPS) is 11.4. The number of amides is 1. The van der Waals surface area contributed by atoms with E-state index in [9.17, 15) is 18.4 Å². The van der Waals surface area contributed by atoms with Gasteiger partial charge in [0.2, 0.25) is 0 Å². The van der Waals surface area contributed by atoms with E-state index < -0.39 is 25.1 Å². The van der Waals surface area contributed by atoms with Crippen molar-refractivity contribution in [2.75, 3.05) is 11.9 Å². The molecule has 0 aliphatic carbocycles. The first-order chi connectivity index (χ1) is 14.7. The highest BCUT2D eigenvalue weighted by molar-refractivity contribution is 5.96.